The highest BCUT2D eigenvalue weighted by molar-refractivity contribution is 9.10. The molecule has 27 heavy (non-hydrogen) atoms. The molecule has 0 bridgehead atoms. The second kappa shape index (κ2) is 6.55. The Morgan fingerprint density at radius 2 is 1.89 bits per heavy atom. The molecule has 7 nitrogen and oxygen atoms in total. The number of aromatic nitrogens is 2. The van der Waals surface area contributed by atoms with Crippen LogP contribution < -0.4 is 11.1 Å². The maximum Gasteiger partial charge on any atom is 0.328 e. The van der Waals surface area contributed by atoms with Crippen molar-refractivity contribution in [2.75, 3.05) is 0 Å². The van der Waals surface area contributed by atoms with E-state index in [0.717, 1.165) is 26.5 Å². The Bertz CT molecular complexity index is 1280. The number of fused-ring (bicyclic) bond motifs is 2. The summed E-state index contributed by atoms with van der Waals surface area (Å²) in [5, 5.41) is 4.81. The fourth-order valence-corrected chi connectivity index (χ4v) is 3.33. The number of carbonyl (C=O) groups excluding carboxylic acids is 1. The van der Waals surface area contributed by atoms with Crippen LogP contribution in [0.2, 0.25) is 0 Å². The van der Waals surface area contributed by atoms with Gasteiger partial charge in [0, 0.05) is 24.0 Å². The Kier molecular flexibility index (Phi) is 4.19. The Morgan fingerprint density at radius 3 is 2.70 bits per heavy atom. The number of amides is 1. The summed E-state index contributed by atoms with van der Waals surface area (Å²) in [6.07, 6.45) is 1.52. The molecule has 0 aliphatic carbocycles. The lowest BCUT2D eigenvalue weighted by Crippen LogP contribution is -2.19. The third-order valence-electron chi connectivity index (χ3n) is 4.38. The largest absolute Gasteiger partial charge is 0.451 e. The predicted molar refractivity (Wildman–Crippen MR) is 107 cm³/mol. The summed E-state index contributed by atoms with van der Waals surface area (Å²) in [7, 11) is 3.44. The second-order valence-corrected chi connectivity index (χ2v) is 7.06. The molecule has 2 aromatic heterocycles. The number of hydrogen-bond acceptors (Lipinski definition) is 4. The smallest absolute Gasteiger partial charge is 0.328 e. The summed E-state index contributed by atoms with van der Waals surface area (Å²) in [6.45, 7) is 0. The number of imidazole rings is 1. The molecule has 0 spiro atoms. The minimum absolute atomic E-state index is 0.0936. The first kappa shape index (κ1) is 17.3. The van der Waals surface area contributed by atoms with E-state index in [9.17, 15) is 9.59 Å². The van der Waals surface area contributed by atoms with Gasteiger partial charge in [-0.1, -0.05) is 22.0 Å². The van der Waals surface area contributed by atoms with Crippen molar-refractivity contribution in [3.05, 3.63) is 68.7 Å². The zero-order valence-corrected chi connectivity index (χ0v) is 16.1. The highest BCUT2D eigenvalue weighted by atomic mass is 79.9. The van der Waals surface area contributed by atoms with Crippen LogP contribution in [0.25, 0.3) is 22.0 Å². The summed E-state index contributed by atoms with van der Waals surface area (Å²) in [4.78, 5) is 24.2. The average Bonchev–Trinajstić information content (AvgIpc) is 3.17. The molecular weight excluding hydrogens is 412 g/mol. The van der Waals surface area contributed by atoms with Gasteiger partial charge < -0.3 is 4.42 Å². The lowest BCUT2D eigenvalue weighted by atomic mass is 10.2. The van der Waals surface area contributed by atoms with Crippen molar-refractivity contribution in [3.8, 4) is 0 Å². The zero-order valence-electron chi connectivity index (χ0n) is 14.6. The number of benzene rings is 2. The Balaban J connectivity index is 1.54. The van der Waals surface area contributed by atoms with Crippen LogP contribution in [-0.4, -0.2) is 21.3 Å². The second-order valence-electron chi connectivity index (χ2n) is 6.14. The number of furan rings is 1. The number of hydrazone groups is 1. The summed E-state index contributed by atoms with van der Waals surface area (Å²) in [6, 6.07) is 12.7. The number of hydrogen-bond donors (Lipinski definition) is 1. The Labute approximate surface area is 162 Å². The summed E-state index contributed by atoms with van der Waals surface area (Å²) in [5.74, 6) is -0.257. The van der Waals surface area contributed by atoms with Crippen LogP contribution in [0.4, 0.5) is 0 Å². The first-order valence-electron chi connectivity index (χ1n) is 8.12. The third-order valence-corrected chi connectivity index (χ3v) is 4.87. The van der Waals surface area contributed by atoms with Gasteiger partial charge in [0.25, 0.3) is 0 Å². The maximum absolute atomic E-state index is 12.2. The normalized spacial score (nSPS) is 11.7. The predicted octanol–water partition coefficient (Wildman–Crippen LogP) is 3.15. The fourth-order valence-electron chi connectivity index (χ4n) is 2.95. The lowest BCUT2D eigenvalue weighted by molar-refractivity contribution is 0.0929. The Hall–Kier alpha value is -3.13. The molecule has 0 aliphatic rings. The van der Waals surface area contributed by atoms with Crippen molar-refractivity contribution in [2.45, 2.75) is 0 Å². The molecule has 4 aromatic rings. The van der Waals surface area contributed by atoms with Crippen molar-refractivity contribution in [1.29, 1.82) is 0 Å². The molecule has 4 rings (SSSR count). The highest BCUT2D eigenvalue weighted by Gasteiger charge is 2.12. The first-order valence-corrected chi connectivity index (χ1v) is 8.91. The quantitative estimate of drug-likeness (QED) is 0.403. The van der Waals surface area contributed by atoms with Crippen molar-refractivity contribution >= 4 is 50.1 Å². The molecule has 0 unspecified atom stereocenters. The van der Waals surface area contributed by atoms with E-state index in [1.165, 1.54) is 6.21 Å². The molecule has 2 aromatic carbocycles. The summed E-state index contributed by atoms with van der Waals surface area (Å²) in [5.41, 5.74) is 5.37. The number of halogens is 1. The maximum atomic E-state index is 12.2. The third kappa shape index (κ3) is 3.08. The number of rotatable bonds is 3. The van der Waals surface area contributed by atoms with Gasteiger partial charge in [-0.25, -0.2) is 10.2 Å². The van der Waals surface area contributed by atoms with Gasteiger partial charge in [0.05, 0.1) is 17.2 Å². The number of nitrogens with one attached hydrogen (secondary N) is 1. The van der Waals surface area contributed by atoms with Crippen LogP contribution in [0.3, 0.4) is 0 Å². The summed E-state index contributed by atoms with van der Waals surface area (Å²) >= 11 is 3.39. The number of aryl methyl sites for hydroxylation is 2. The van der Waals surface area contributed by atoms with E-state index >= 15 is 0 Å². The fraction of sp³-hybridized carbons (Fsp3) is 0.105. The van der Waals surface area contributed by atoms with Gasteiger partial charge in [0.1, 0.15) is 5.58 Å². The van der Waals surface area contributed by atoms with Crippen LogP contribution in [0, 0.1) is 0 Å². The molecule has 8 heteroatoms. The van der Waals surface area contributed by atoms with Crippen molar-refractivity contribution < 1.29 is 9.21 Å². The molecule has 0 saturated carbocycles. The molecule has 2 heterocycles. The van der Waals surface area contributed by atoms with Crippen LogP contribution in [0.15, 0.2) is 61.3 Å². The zero-order chi connectivity index (χ0) is 19.1. The number of nitrogens with zero attached hydrogens (tertiary/aromatic N) is 3. The van der Waals surface area contributed by atoms with E-state index < -0.39 is 5.91 Å². The monoisotopic (exact) mass is 426 g/mol. The molecule has 0 atom stereocenters. The van der Waals surface area contributed by atoms with Gasteiger partial charge in [-0.15, -0.1) is 0 Å². The van der Waals surface area contributed by atoms with Crippen molar-refractivity contribution in [2.24, 2.45) is 19.2 Å². The van der Waals surface area contributed by atoms with E-state index in [-0.39, 0.29) is 11.4 Å². The standard InChI is InChI=1S/C19H15BrN4O3/c1-23-14-5-3-11(7-15(14)24(2)19(23)26)10-21-22-18(25)17-9-12-8-13(20)4-6-16(12)27-17/h3-10H,1-2H3,(H,22,25)/b21-10-. The van der Waals surface area contributed by atoms with E-state index in [0.29, 0.717) is 5.58 Å². The van der Waals surface area contributed by atoms with Gasteiger partial charge >= 0.3 is 11.6 Å². The van der Waals surface area contributed by atoms with Crippen molar-refractivity contribution in [3.63, 3.8) is 0 Å². The molecule has 0 radical (unpaired) electrons. The Morgan fingerprint density at radius 1 is 1.11 bits per heavy atom. The SMILES string of the molecule is Cn1c(=O)n(C)c2cc(/C=N\NC(=O)c3cc4cc(Br)ccc4o3)ccc21. The molecule has 0 saturated heterocycles. The minimum Gasteiger partial charge on any atom is -0.451 e. The molecule has 0 aliphatic heterocycles. The van der Waals surface area contributed by atoms with Crippen LogP contribution >= 0.6 is 15.9 Å². The van der Waals surface area contributed by atoms with E-state index in [1.54, 1.807) is 35.4 Å². The lowest BCUT2D eigenvalue weighted by Gasteiger charge is -1.98. The van der Waals surface area contributed by atoms with Gasteiger partial charge in [-0.2, -0.15) is 5.10 Å². The van der Waals surface area contributed by atoms with Crippen molar-refractivity contribution in [1.82, 2.24) is 14.6 Å². The molecular formula is C19H15BrN4O3. The van der Waals surface area contributed by atoms with Gasteiger partial charge in [-0.3, -0.25) is 13.9 Å². The average molecular weight is 427 g/mol. The minimum atomic E-state index is -0.438. The van der Waals surface area contributed by atoms with Gasteiger partial charge in [-0.05, 0) is 42.0 Å². The van der Waals surface area contributed by atoms with Gasteiger partial charge in [0.15, 0.2) is 5.76 Å². The highest BCUT2D eigenvalue weighted by Crippen LogP contribution is 2.23. The topological polar surface area (TPSA) is 81.5 Å². The van der Waals surface area contributed by atoms with E-state index in [4.69, 9.17) is 4.42 Å². The van der Waals surface area contributed by atoms with E-state index in [2.05, 4.69) is 26.5 Å². The van der Waals surface area contributed by atoms with Crippen LogP contribution in [-0.2, 0) is 14.1 Å². The van der Waals surface area contributed by atoms with Crippen LogP contribution in [0.1, 0.15) is 16.1 Å². The first-order chi connectivity index (χ1) is 12.9. The molecule has 0 fully saturated rings. The van der Waals surface area contributed by atoms with Crippen LogP contribution in [0.5, 0.6) is 0 Å². The molecule has 1 amide bonds. The van der Waals surface area contributed by atoms with E-state index in [1.807, 2.05) is 30.3 Å². The number of carbonyl (C=O) groups is 1. The summed E-state index contributed by atoms with van der Waals surface area (Å²) < 4.78 is 9.59. The molecule has 1 N–H and O–H groups in total. The van der Waals surface area contributed by atoms with Gasteiger partial charge in [0.2, 0.25) is 0 Å². The molecule has 136 valence electrons.